The van der Waals surface area contributed by atoms with E-state index in [0.29, 0.717) is 0 Å². The van der Waals surface area contributed by atoms with Gasteiger partial charge in [-0.1, -0.05) is 12.1 Å². The Balaban J connectivity index is 1.93. The van der Waals surface area contributed by atoms with Gasteiger partial charge in [0.2, 0.25) is 0 Å². The zero-order valence-electron chi connectivity index (χ0n) is 9.89. The van der Waals surface area contributed by atoms with Gasteiger partial charge in [-0.3, -0.25) is 4.98 Å². The third-order valence-corrected chi connectivity index (χ3v) is 3.86. The molecule has 1 aromatic carbocycles. The van der Waals surface area contributed by atoms with Gasteiger partial charge < -0.3 is 5.73 Å². The first-order valence-corrected chi connectivity index (χ1v) is 6.63. The van der Waals surface area contributed by atoms with Gasteiger partial charge >= 0.3 is 0 Å². The number of thioether (sulfide) groups is 1. The Hall–Kier alpha value is -1.48. The first-order chi connectivity index (χ1) is 8.27. The molecular formula is C14H16N2S. The molecule has 17 heavy (non-hydrogen) atoms. The molecule has 0 fully saturated rings. The quantitative estimate of drug-likeness (QED) is 0.662. The summed E-state index contributed by atoms with van der Waals surface area (Å²) in [4.78, 5) is 5.38. The van der Waals surface area contributed by atoms with E-state index in [1.54, 1.807) is 6.20 Å². The van der Waals surface area contributed by atoms with E-state index in [2.05, 4.69) is 24.0 Å². The highest BCUT2D eigenvalue weighted by Crippen LogP contribution is 2.26. The minimum atomic E-state index is 0.872. The summed E-state index contributed by atoms with van der Waals surface area (Å²) in [6, 6.07) is 10.2. The number of hydrogen-bond donors (Lipinski definition) is 1. The molecule has 0 saturated heterocycles. The van der Waals surface area contributed by atoms with Gasteiger partial charge in [0.05, 0.1) is 0 Å². The fourth-order valence-electron chi connectivity index (χ4n) is 1.61. The van der Waals surface area contributed by atoms with Gasteiger partial charge in [0.1, 0.15) is 0 Å². The molecule has 2 rings (SSSR count). The van der Waals surface area contributed by atoms with Crippen molar-refractivity contribution in [2.24, 2.45) is 0 Å². The van der Waals surface area contributed by atoms with Crippen molar-refractivity contribution in [3.05, 3.63) is 53.9 Å². The van der Waals surface area contributed by atoms with Gasteiger partial charge in [-0.15, -0.1) is 11.8 Å². The second kappa shape index (κ2) is 5.73. The number of rotatable bonds is 4. The van der Waals surface area contributed by atoms with Crippen LogP contribution in [0, 0.1) is 6.92 Å². The minimum absolute atomic E-state index is 0.872. The Morgan fingerprint density at radius 1 is 1.24 bits per heavy atom. The highest BCUT2D eigenvalue weighted by Gasteiger charge is 2.01. The summed E-state index contributed by atoms with van der Waals surface area (Å²) >= 11 is 1.85. The Morgan fingerprint density at radius 3 is 2.88 bits per heavy atom. The van der Waals surface area contributed by atoms with Gasteiger partial charge in [0.15, 0.2) is 0 Å². The van der Waals surface area contributed by atoms with Crippen LogP contribution >= 0.6 is 11.8 Å². The average Bonchev–Trinajstić information content (AvgIpc) is 2.36. The van der Waals surface area contributed by atoms with Crippen LogP contribution in [0.3, 0.4) is 0 Å². The van der Waals surface area contributed by atoms with Crippen LogP contribution in [0.25, 0.3) is 0 Å². The van der Waals surface area contributed by atoms with Crippen molar-refractivity contribution in [3.63, 3.8) is 0 Å². The van der Waals surface area contributed by atoms with Crippen molar-refractivity contribution >= 4 is 17.4 Å². The lowest BCUT2D eigenvalue weighted by Gasteiger charge is -2.07. The van der Waals surface area contributed by atoms with Gasteiger partial charge in [-0.25, -0.2) is 0 Å². The summed E-state index contributed by atoms with van der Waals surface area (Å²) < 4.78 is 0. The van der Waals surface area contributed by atoms with E-state index in [4.69, 9.17) is 5.73 Å². The lowest BCUT2D eigenvalue weighted by molar-refractivity contribution is 1.11. The van der Waals surface area contributed by atoms with Crippen LogP contribution < -0.4 is 5.73 Å². The second-order valence-electron chi connectivity index (χ2n) is 3.93. The lowest BCUT2D eigenvalue weighted by atomic mass is 10.2. The molecule has 1 heterocycles. The summed E-state index contributed by atoms with van der Waals surface area (Å²) in [5.74, 6) is 1.05. The summed E-state index contributed by atoms with van der Waals surface area (Å²) in [6.07, 6.45) is 4.76. The maximum absolute atomic E-state index is 5.88. The lowest BCUT2D eigenvalue weighted by Crippen LogP contribution is -1.93. The molecule has 0 aliphatic rings. The summed E-state index contributed by atoms with van der Waals surface area (Å²) in [6.45, 7) is 2.07. The number of hydrogen-bond acceptors (Lipinski definition) is 3. The first-order valence-electron chi connectivity index (χ1n) is 5.64. The molecule has 88 valence electrons. The maximum atomic E-state index is 5.88. The average molecular weight is 244 g/mol. The number of nitrogens with two attached hydrogens (primary N) is 1. The van der Waals surface area contributed by atoms with E-state index < -0.39 is 0 Å². The number of pyridine rings is 1. The smallest absolute Gasteiger partial charge is 0.0354 e. The molecule has 3 heteroatoms. The van der Waals surface area contributed by atoms with E-state index in [0.717, 1.165) is 17.9 Å². The number of aryl methyl sites for hydroxylation is 1. The Bertz CT molecular complexity index is 483. The van der Waals surface area contributed by atoms with Crippen molar-refractivity contribution < 1.29 is 0 Å². The molecule has 0 aliphatic heterocycles. The van der Waals surface area contributed by atoms with E-state index in [-0.39, 0.29) is 0 Å². The van der Waals surface area contributed by atoms with Crippen LogP contribution in [0.15, 0.2) is 47.6 Å². The molecule has 0 atom stereocenters. The van der Waals surface area contributed by atoms with Crippen LogP contribution in [0.5, 0.6) is 0 Å². The number of benzene rings is 1. The monoisotopic (exact) mass is 244 g/mol. The van der Waals surface area contributed by atoms with Crippen LogP contribution in [0.1, 0.15) is 11.1 Å². The van der Waals surface area contributed by atoms with Gasteiger partial charge in [0, 0.05) is 28.7 Å². The topological polar surface area (TPSA) is 38.9 Å². The van der Waals surface area contributed by atoms with E-state index in [1.165, 1.54) is 16.0 Å². The normalized spacial score (nSPS) is 10.4. The molecule has 0 bridgehead atoms. The third-order valence-electron chi connectivity index (χ3n) is 2.70. The number of anilines is 1. The van der Waals surface area contributed by atoms with Crippen molar-refractivity contribution in [1.82, 2.24) is 4.98 Å². The van der Waals surface area contributed by atoms with Crippen LogP contribution in [0.4, 0.5) is 5.69 Å². The Morgan fingerprint density at radius 2 is 2.12 bits per heavy atom. The van der Waals surface area contributed by atoms with Crippen molar-refractivity contribution in [2.75, 3.05) is 11.5 Å². The highest BCUT2D eigenvalue weighted by atomic mass is 32.2. The highest BCUT2D eigenvalue weighted by molar-refractivity contribution is 7.99. The van der Waals surface area contributed by atoms with E-state index in [9.17, 15) is 0 Å². The zero-order chi connectivity index (χ0) is 12.1. The third kappa shape index (κ3) is 3.24. The fraction of sp³-hybridized carbons (Fsp3) is 0.214. The molecule has 0 radical (unpaired) electrons. The zero-order valence-corrected chi connectivity index (χ0v) is 10.7. The summed E-state index contributed by atoms with van der Waals surface area (Å²) in [5.41, 5.74) is 9.21. The van der Waals surface area contributed by atoms with Gasteiger partial charge in [-0.05, 0) is 42.7 Å². The predicted molar refractivity (Wildman–Crippen MR) is 74.3 cm³/mol. The standard InChI is InChI=1S/C14H16N2S/c1-11-13(15)5-2-6-14(11)17-9-7-12-4-3-8-16-10-12/h2-6,8,10H,7,9,15H2,1H3. The van der Waals surface area contributed by atoms with Crippen molar-refractivity contribution in [1.29, 1.82) is 0 Å². The molecule has 1 aromatic heterocycles. The molecule has 2 nitrogen and oxygen atoms in total. The molecule has 0 unspecified atom stereocenters. The molecule has 2 N–H and O–H groups in total. The predicted octanol–water partition coefficient (Wildman–Crippen LogP) is 3.31. The largest absolute Gasteiger partial charge is 0.398 e. The van der Waals surface area contributed by atoms with Gasteiger partial charge in [0.25, 0.3) is 0 Å². The van der Waals surface area contributed by atoms with E-state index >= 15 is 0 Å². The first kappa shape index (κ1) is 12.0. The van der Waals surface area contributed by atoms with Crippen LogP contribution in [-0.2, 0) is 6.42 Å². The molecule has 0 aliphatic carbocycles. The van der Waals surface area contributed by atoms with Crippen molar-refractivity contribution in [2.45, 2.75) is 18.2 Å². The molecular weight excluding hydrogens is 228 g/mol. The maximum Gasteiger partial charge on any atom is 0.0354 e. The SMILES string of the molecule is Cc1c(N)cccc1SCCc1cccnc1. The molecule has 0 spiro atoms. The second-order valence-corrected chi connectivity index (χ2v) is 5.07. The molecule has 0 amide bonds. The van der Waals surface area contributed by atoms with Crippen LogP contribution in [-0.4, -0.2) is 10.7 Å². The minimum Gasteiger partial charge on any atom is -0.398 e. The van der Waals surface area contributed by atoms with E-state index in [1.807, 2.05) is 36.2 Å². The summed E-state index contributed by atoms with van der Waals surface area (Å²) in [5, 5.41) is 0. The Kier molecular flexibility index (Phi) is 4.04. The number of aromatic nitrogens is 1. The fourth-order valence-corrected chi connectivity index (χ4v) is 2.68. The molecule has 2 aromatic rings. The Labute approximate surface area is 106 Å². The van der Waals surface area contributed by atoms with Crippen LogP contribution in [0.2, 0.25) is 0 Å². The summed E-state index contributed by atoms with van der Waals surface area (Å²) in [7, 11) is 0. The number of nitrogen functional groups attached to an aromatic ring is 1. The number of nitrogens with zero attached hydrogens (tertiary/aromatic N) is 1. The van der Waals surface area contributed by atoms with Gasteiger partial charge in [-0.2, -0.15) is 0 Å². The van der Waals surface area contributed by atoms with Crippen molar-refractivity contribution in [3.8, 4) is 0 Å². The molecule has 0 saturated carbocycles.